The third kappa shape index (κ3) is 17.8. The topological polar surface area (TPSA) is 37.4 Å². The first-order valence-corrected chi connectivity index (χ1v) is 14.5. The van der Waals surface area contributed by atoms with Crippen LogP contribution in [0, 0.1) is 0 Å². The van der Waals surface area contributed by atoms with Crippen molar-refractivity contribution in [1.29, 1.82) is 0 Å². The number of ketones is 1. The lowest BCUT2D eigenvalue weighted by atomic mass is 10.0. The average molecular weight is 512 g/mol. The van der Waals surface area contributed by atoms with Crippen LogP contribution in [-0.2, 0) is 9.59 Å². The molecule has 0 saturated carbocycles. The Labute approximate surface area is 229 Å². The molecule has 0 saturated heterocycles. The molecule has 0 N–H and O–H groups in total. The lowest BCUT2D eigenvalue weighted by molar-refractivity contribution is -0.130. The molecule has 0 aliphatic carbocycles. The minimum Gasteiger partial charge on any atom is -0.334 e. The minimum absolute atomic E-state index is 0.158. The molecule has 0 spiro atoms. The predicted octanol–water partition coefficient (Wildman–Crippen LogP) is 9.85. The molecule has 210 valence electrons. The van der Waals surface area contributed by atoms with Gasteiger partial charge in [0.25, 0.3) is 0 Å². The predicted molar refractivity (Wildman–Crippen MR) is 163 cm³/mol. The van der Waals surface area contributed by atoms with Gasteiger partial charge in [-0.3, -0.25) is 4.79 Å². The van der Waals surface area contributed by atoms with E-state index < -0.39 is 0 Å². The molecular formula is C34H57NO2. The van der Waals surface area contributed by atoms with Gasteiger partial charge < -0.3 is 9.69 Å². The molecule has 37 heavy (non-hydrogen) atoms. The monoisotopic (exact) mass is 511 g/mol. The first-order chi connectivity index (χ1) is 17.3. The number of hydrogen-bond acceptors (Lipinski definition) is 2. The number of amides is 1. The van der Waals surface area contributed by atoms with Crippen molar-refractivity contribution in [3.8, 4) is 0 Å². The summed E-state index contributed by atoms with van der Waals surface area (Å²) in [4.78, 5) is 25.7. The summed E-state index contributed by atoms with van der Waals surface area (Å²) in [6.45, 7) is 20.8. The van der Waals surface area contributed by atoms with E-state index in [9.17, 15) is 9.59 Å². The fraction of sp³-hybridized carbons (Fsp3) is 0.647. The van der Waals surface area contributed by atoms with Crippen LogP contribution in [0.5, 0.6) is 0 Å². The van der Waals surface area contributed by atoms with Gasteiger partial charge >= 0.3 is 0 Å². The summed E-state index contributed by atoms with van der Waals surface area (Å²) >= 11 is 0. The smallest absolute Gasteiger partial charge is 0.249 e. The molecule has 0 fully saturated rings. The molecule has 0 aliphatic rings. The second-order valence-corrected chi connectivity index (χ2v) is 11.4. The van der Waals surface area contributed by atoms with E-state index in [0.29, 0.717) is 6.42 Å². The van der Waals surface area contributed by atoms with E-state index in [2.05, 4.69) is 85.8 Å². The highest BCUT2D eigenvalue weighted by Crippen LogP contribution is 2.16. The summed E-state index contributed by atoms with van der Waals surface area (Å²) in [5.74, 6) is 0.424. The Morgan fingerprint density at radius 2 is 0.811 bits per heavy atom. The number of carbonyl (C=O) groups is 2. The zero-order chi connectivity index (χ0) is 28.4. The van der Waals surface area contributed by atoms with Crippen LogP contribution in [0.4, 0.5) is 0 Å². The van der Waals surface area contributed by atoms with E-state index in [-0.39, 0.29) is 23.8 Å². The molecular weight excluding hydrogens is 454 g/mol. The normalized spacial score (nSPS) is 14.1. The maximum atomic E-state index is 12.7. The average Bonchev–Trinajstić information content (AvgIpc) is 2.78. The summed E-state index contributed by atoms with van der Waals surface area (Å²) in [5.41, 5.74) is 6.56. The SMILES string of the molecule is CC(=O)CC/C=C(\C)CC/C=C(\C)CC/C=C(\C)CC/C=C(\C)CC/C=C(\C)C(=O)N(C(C)C)C(C)C. The van der Waals surface area contributed by atoms with Crippen molar-refractivity contribution in [1.82, 2.24) is 4.90 Å². The highest BCUT2D eigenvalue weighted by molar-refractivity contribution is 5.93. The van der Waals surface area contributed by atoms with Crippen molar-refractivity contribution in [2.45, 2.75) is 146 Å². The summed E-state index contributed by atoms with van der Waals surface area (Å²) in [6.07, 6.45) is 21.4. The van der Waals surface area contributed by atoms with Gasteiger partial charge in [-0.2, -0.15) is 0 Å². The molecule has 0 unspecified atom stereocenters. The number of carbonyl (C=O) groups excluding carboxylic acids is 2. The van der Waals surface area contributed by atoms with E-state index in [0.717, 1.165) is 63.4 Å². The van der Waals surface area contributed by atoms with E-state index in [1.54, 1.807) is 6.92 Å². The Bertz CT molecular complexity index is 841. The van der Waals surface area contributed by atoms with Gasteiger partial charge in [0.05, 0.1) is 0 Å². The number of Topliss-reactive ketones (excluding diaryl/α,β-unsaturated/α-hetero) is 1. The molecule has 0 aromatic rings. The molecule has 3 nitrogen and oxygen atoms in total. The van der Waals surface area contributed by atoms with Gasteiger partial charge in [-0.1, -0.05) is 52.7 Å². The Hall–Kier alpha value is -2.16. The van der Waals surface area contributed by atoms with E-state index in [4.69, 9.17) is 0 Å². The highest BCUT2D eigenvalue weighted by Gasteiger charge is 2.20. The summed E-state index contributed by atoms with van der Waals surface area (Å²) in [7, 11) is 0. The third-order valence-corrected chi connectivity index (χ3v) is 6.76. The van der Waals surface area contributed by atoms with Crippen LogP contribution in [0.25, 0.3) is 0 Å². The minimum atomic E-state index is 0.158. The molecule has 0 bridgehead atoms. The molecule has 0 aromatic carbocycles. The standard InChI is InChI=1S/C34H57NO2/c1-26(2)35(27(3)4)34(37)32(9)24-14-22-30(7)20-12-18-28(5)16-11-17-29(6)19-13-21-31(8)23-15-25-33(10)36/h16,19-20,23-24,26-27H,11-15,17-18,21-22,25H2,1-10H3/b28-16+,29-19+,30-20+,31-23+,32-24+. The second-order valence-electron chi connectivity index (χ2n) is 11.4. The van der Waals surface area contributed by atoms with Gasteiger partial charge in [-0.05, 0) is 127 Å². The number of allylic oxidation sites excluding steroid dienone is 9. The highest BCUT2D eigenvalue weighted by atomic mass is 16.2. The zero-order valence-corrected chi connectivity index (χ0v) is 25.9. The van der Waals surface area contributed by atoms with Crippen LogP contribution in [0.15, 0.2) is 58.2 Å². The van der Waals surface area contributed by atoms with Crippen molar-refractivity contribution >= 4 is 11.7 Å². The maximum Gasteiger partial charge on any atom is 0.249 e. The van der Waals surface area contributed by atoms with E-state index >= 15 is 0 Å². The fourth-order valence-corrected chi connectivity index (χ4v) is 4.44. The summed E-state index contributed by atoms with van der Waals surface area (Å²) < 4.78 is 0. The molecule has 0 heterocycles. The van der Waals surface area contributed by atoms with Crippen molar-refractivity contribution in [2.75, 3.05) is 0 Å². The molecule has 0 radical (unpaired) electrons. The molecule has 0 aromatic heterocycles. The van der Waals surface area contributed by atoms with E-state index in [1.165, 1.54) is 22.3 Å². The quantitative estimate of drug-likeness (QED) is 0.136. The maximum absolute atomic E-state index is 12.7. The van der Waals surface area contributed by atoms with Gasteiger partial charge in [-0.15, -0.1) is 0 Å². The Kier molecular flexibility index (Phi) is 18.7. The van der Waals surface area contributed by atoms with Gasteiger partial charge in [0, 0.05) is 24.1 Å². The fourth-order valence-electron chi connectivity index (χ4n) is 4.44. The van der Waals surface area contributed by atoms with Crippen LogP contribution < -0.4 is 0 Å². The van der Waals surface area contributed by atoms with Crippen molar-refractivity contribution in [3.05, 3.63) is 58.2 Å². The molecule has 0 atom stereocenters. The zero-order valence-electron chi connectivity index (χ0n) is 25.9. The largest absolute Gasteiger partial charge is 0.334 e. The van der Waals surface area contributed by atoms with Crippen LogP contribution >= 0.6 is 0 Å². The van der Waals surface area contributed by atoms with Crippen molar-refractivity contribution in [3.63, 3.8) is 0 Å². The Balaban J connectivity index is 4.36. The van der Waals surface area contributed by atoms with Crippen LogP contribution in [0.1, 0.15) is 133 Å². The number of hydrogen-bond donors (Lipinski definition) is 0. The number of nitrogens with zero attached hydrogens (tertiary/aromatic N) is 1. The van der Waals surface area contributed by atoms with Gasteiger partial charge in [-0.25, -0.2) is 0 Å². The lowest BCUT2D eigenvalue weighted by Crippen LogP contribution is -2.42. The molecule has 0 aliphatic heterocycles. The summed E-state index contributed by atoms with van der Waals surface area (Å²) in [6, 6.07) is 0.436. The van der Waals surface area contributed by atoms with Gasteiger partial charge in [0.1, 0.15) is 5.78 Å². The van der Waals surface area contributed by atoms with Crippen LogP contribution in [0.3, 0.4) is 0 Å². The van der Waals surface area contributed by atoms with Gasteiger partial charge in [0.2, 0.25) is 5.91 Å². The lowest BCUT2D eigenvalue weighted by Gasteiger charge is -2.31. The van der Waals surface area contributed by atoms with Crippen LogP contribution in [0.2, 0.25) is 0 Å². The molecule has 1 amide bonds. The first kappa shape index (κ1) is 34.8. The molecule has 0 rings (SSSR count). The van der Waals surface area contributed by atoms with Crippen molar-refractivity contribution in [2.24, 2.45) is 0 Å². The Morgan fingerprint density at radius 1 is 0.514 bits per heavy atom. The van der Waals surface area contributed by atoms with Crippen molar-refractivity contribution < 1.29 is 9.59 Å². The third-order valence-electron chi connectivity index (χ3n) is 6.76. The van der Waals surface area contributed by atoms with E-state index in [1.807, 2.05) is 11.8 Å². The molecule has 3 heteroatoms. The van der Waals surface area contributed by atoms with Gasteiger partial charge in [0.15, 0.2) is 0 Å². The van der Waals surface area contributed by atoms with Crippen LogP contribution in [-0.4, -0.2) is 28.7 Å². The number of rotatable bonds is 18. The summed E-state index contributed by atoms with van der Waals surface area (Å²) in [5, 5.41) is 0. The Morgan fingerprint density at radius 3 is 1.11 bits per heavy atom. The first-order valence-electron chi connectivity index (χ1n) is 14.5. The second kappa shape index (κ2) is 19.9.